The SMILES string of the molecule is CC(=O)N(O)C/C=C(\c1ccccc1)P(=O)(O)O. The van der Waals surface area contributed by atoms with Crippen molar-refractivity contribution in [3.63, 3.8) is 0 Å². The summed E-state index contributed by atoms with van der Waals surface area (Å²) >= 11 is 0. The predicted octanol–water partition coefficient (Wildman–Crippen LogP) is 1.44. The van der Waals surface area contributed by atoms with E-state index in [-0.39, 0.29) is 11.9 Å². The van der Waals surface area contributed by atoms with Crippen LogP contribution in [0, 0.1) is 0 Å². The molecule has 6 nitrogen and oxygen atoms in total. The van der Waals surface area contributed by atoms with Crippen LogP contribution in [0.25, 0.3) is 5.31 Å². The second-order valence-corrected chi connectivity index (χ2v) is 5.17. The first-order valence-electron chi connectivity index (χ1n) is 5.11. The Labute approximate surface area is 104 Å². The molecule has 0 saturated heterocycles. The fourth-order valence-corrected chi connectivity index (χ4v) is 2.12. The molecule has 0 heterocycles. The van der Waals surface area contributed by atoms with Crippen molar-refractivity contribution in [3.05, 3.63) is 42.0 Å². The van der Waals surface area contributed by atoms with Crippen molar-refractivity contribution >= 4 is 18.8 Å². The van der Waals surface area contributed by atoms with E-state index in [9.17, 15) is 24.4 Å². The van der Waals surface area contributed by atoms with Crippen molar-refractivity contribution in [3.8, 4) is 0 Å². The maximum Gasteiger partial charge on any atom is 0.356 e. The molecule has 7 heteroatoms. The van der Waals surface area contributed by atoms with Crippen LogP contribution in [0.1, 0.15) is 12.5 Å². The van der Waals surface area contributed by atoms with E-state index >= 15 is 0 Å². The van der Waals surface area contributed by atoms with E-state index < -0.39 is 13.5 Å². The molecule has 0 aliphatic rings. The molecule has 1 aromatic rings. The summed E-state index contributed by atoms with van der Waals surface area (Å²) in [6.07, 6.45) is 1.14. The number of amides is 1. The highest BCUT2D eigenvalue weighted by Gasteiger charge is 2.22. The van der Waals surface area contributed by atoms with Crippen LogP contribution in [-0.4, -0.2) is 32.5 Å². The van der Waals surface area contributed by atoms with E-state index in [0.29, 0.717) is 10.6 Å². The Balaban J connectivity index is 3.05. The zero-order valence-electron chi connectivity index (χ0n) is 9.72. The molecule has 18 heavy (non-hydrogen) atoms. The van der Waals surface area contributed by atoms with Crippen molar-refractivity contribution < 1.29 is 24.4 Å². The normalized spacial score (nSPS) is 12.3. The van der Waals surface area contributed by atoms with Gasteiger partial charge in [0, 0.05) is 6.92 Å². The van der Waals surface area contributed by atoms with Crippen LogP contribution in [0.3, 0.4) is 0 Å². The van der Waals surface area contributed by atoms with Crippen LogP contribution in [0.15, 0.2) is 36.4 Å². The van der Waals surface area contributed by atoms with Crippen molar-refractivity contribution in [1.29, 1.82) is 0 Å². The van der Waals surface area contributed by atoms with Gasteiger partial charge in [0.05, 0.1) is 11.9 Å². The number of carbonyl (C=O) groups is 1. The van der Waals surface area contributed by atoms with Crippen molar-refractivity contribution in [2.45, 2.75) is 6.92 Å². The molecule has 0 saturated carbocycles. The minimum atomic E-state index is -4.47. The van der Waals surface area contributed by atoms with Gasteiger partial charge >= 0.3 is 7.60 Å². The van der Waals surface area contributed by atoms with Gasteiger partial charge in [-0.15, -0.1) is 0 Å². The quantitative estimate of drug-likeness (QED) is 0.437. The third-order valence-corrected chi connectivity index (χ3v) is 3.27. The summed E-state index contributed by atoms with van der Waals surface area (Å²) < 4.78 is 11.4. The van der Waals surface area contributed by atoms with Crippen molar-refractivity contribution in [2.75, 3.05) is 6.54 Å². The molecule has 1 amide bonds. The summed E-state index contributed by atoms with van der Waals surface area (Å²) in [4.78, 5) is 29.3. The van der Waals surface area contributed by atoms with Crippen molar-refractivity contribution in [2.24, 2.45) is 0 Å². The van der Waals surface area contributed by atoms with Gasteiger partial charge in [0.25, 0.3) is 0 Å². The number of rotatable bonds is 4. The van der Waals surface area contributed by atoms with Gasteiger partial charge in [0.1, 0.15) is 0 Å². The third kappa shape index (κ3) is 4.09. The summed E-state index contributed by atoms with van der Waals surface area (Å²) in [5.41, 5.74) is 0.350. The second kappa shape index (κ2) is 5.93. The standard InChI is InChI=1S/C11H14NO5P/c1-9(13)12(14)8-7-11(18(15,16)17)10-5-3-2-4-6-10/h2-7,14H,8H2,1H3,(H2,15,16,17)/b11-7+. The van der Waals surface area contributed by atoms with Crippen LogP contribution in [0.2, 0.25) is 0 Å². The number of carbonyl (C=O) groups excluding carboxylic acids is 1. The Kier molecular flexibility index (Phi) is 4.81. The molecule has 0 aliphatic carbocycles. The van der Waals surface area contributed by atoms with E-state index in [1.807, 2.05) is 0 Å². The highest BCUT2D eigenvalue weighted by atomic mass is 31.2. The van der Waals surface area contributed by atoms with E-state index in [1.165, 1.54) is 0 Å². The Morgan fingerprint density at radius 3 is 2.33 bits per heavy atom. The fraction of sp³-hybridized carbons (Fsp3) is 0.182. The average molecular weight is 271 g/mol. The summed E-state index contributed by atoms with van der Waals surface area (Å²) in [6.45, 7) is 0.859. The van der Waals surface area contributed by atoms with Crippen LogP contribution < -0.4 is 0 Å². The van der Waals surface area contributed by atoms with E-state index in [1.54, 1.807) is 30.3 Å². The summed E-state index contributed by atoms with van der Waals surface area (Å²) in [7, 11) is -4.47. The molecule has 0 unspecified atom stereocenters. The third-order valence-electron chi connectivity index (χ3n) is 2.20. The average Bonchev–Trinajstić information content (AvgIpc) is 2.28. The maximum atomic E-state index is 11.4. The Morgan fingerprint density at radius 1 is 1.33 bits per heavy atom. The van der Waals surface area contributed by atoms with E-state index in [0.717, 1.165) is 13.0 Å². The molecule has 0 radical (unpaired) electrons. The van der Waals surface area contributed by atoms with Gasteiger partial charge in [-0.25, -0.2) is 5.06 Å². The van der Waals surface area contributed by atoms with Gasteiger partial charge < -0.3 is 9.79 Å². The molecule has 0 fully saturated rings. The minimum Gasteiger partial charge on any atom is -0.321 e. The number of hydrogen-bond donors (Lipinski definition) is 3. The minimum absolute atomic E-state index is 0.219. The van der Waals surface area contributed by atoms with Crippen LogP contribution in [0.5, 0.6) is 0 Å². The molecule has 0 aromatic heterocycles. The second-order valence-electron chi connectivity index (χ2n) is 3.60. The predicted molar refractivity (Wildman–Crippen MR) is 65.6 cm³/mol. The summed E-state index contributed by atoms with van der Waals surface area (Å²) in [6, 6.07) is 8.08. The van der Waals surface area contributed by atoms with Crippen LogP contribution in [-0.2, 0) is 9.36 Å². The molecule has 0 atom stereocenters. The molecule has 3 N–H and O–H groups in total. The highest BCUT2D eigenvalue weighted by Crippen LogP contribution is 2.50. The van der Waals surface area contributed by atoms with Gasteiger partial charge in [-0.3, -0.25) is 14.6 Å². The maximum absolute atomic E-state index is 11.4. The summed E-state index contributed by atoms with van der Waals surface area (Å²) in [5.74, 6) is -0.607. The van der Waals surface area contributed by atoms with Gasteiger partial charge in [-0.2, -0.15) is 0 Å². The molecule has 98 valence electrons. The van der Waals surface area contributed by atoms with E-state index in [4.69, 9.17) is 0 Å². The van der Waals surface area contributed by atoms with Crippen LogP contribution in [0.4, 0.5) is 0 Å². The first-order valence-corrected chi connectivity index (χ1v) is 6.72. The van der Waals surface area contributed by atoms with Gasteiger partial charge in [-0.1, -0.05) is 30.3 Å². The molecule has 0 bridgehead atoms. The number of hydroxylamine groups is 2. The van der Waals surface area contributed by atoms with Gasteiger partial charge in [0.15, 0.2) is 0 Å². The fourth-order valence-electron chi connectivity index (χ4n) is 1.32. The molecule has 1 aromatic carbocycles. The molecular formula is C11H14NO5P. The lowest BCUT2D eigenvalue weighted by Gasteiger charge is -2.13. The largest absolute Gasteiger partial charge is 0.356 e. The zero-order chi connectivity index (χ0) is 13.8. The highest BCUT2D eigenvalue weighted by molar-refractivity contribution is 7.63. The van der Waals surface area contributed by atoms with Gasteiger partial charge in [0.2, 0.25) is 5.91 Å². The zero-order valence-corrected chi connectivity index (χ0v) is 10.6. The number of benzene rings is 1. The Bertz CT molecular complexity index is 493. The van der Waals surface area contributed by atoms with E-state index in [2.05, 4.69) is 0 Å². The monoisotopic (exact) mass is 271 g/mol. The molecule has 0 aliphatic heterocycles. The van der Waals surface area contributed by atoms with Crippen molar-refractivity contribution in [1.82, 2.24) is 5.06 Å². The Hall–Kier alpha value is -1.46. The first kappa shape index (κ1) is 14.6. The topological polar surface area (TPSA) is 98.1 Å². The summed E-state index contributed by atoms with van der Waals surface area (Å²) in [5, 5.41) is 9.33. The Morgan fingerprint density at radius 2 is 1.89 bits per heavy atom. The lowest BCUT2D eigenvalue weighted by atomic mass is 10.2. The lowest BCUT2D eigenvalue weighted by molar-refractivity contribution is -0.160. The smallest absolute Gasteiger partial charge is 0.321 e. The molecule has 0 spiro atoms. The van der Waals surface area contributed by atoms with Gasteiger partial charge in [-0.05, 0) is 11.6 Å². The lowest BCUT2D eigenvalue weighted by Crippen LogP contribution is -2.24. The van der Waals surface area contributed by atoms with Crippen LogP contribution >= 0.6 is 7.60 Å². The number of nitrogens with zero attached hydrogens (tertiary/aromatic N) is 1. The first-order chi connectivity index (χ1) is 8.32. The molecular weight excluding hydrogens is 257 g/mol. The molecule has 1 rings (SSSR count). The number of hydrogen-bond acceptors (Lipinski definition) is 3.